The fourth-order valence-electron chi connectivity index (χ4n) is 3.79. The van der Waals surface area contributed by atoms with E-state index in [0.29, 0.717) is 56.7 Å². The topological polar surface area (TPSA) is 106 Å². The first kappa shape index (κ1) is 17.6. The molecule has 0 spiro atoms. The number of carbonyl (C=O) groups excluding carboxylic acids is 2. The van der Waals surface area contributed by atoms with E-state index in [1.165, 1.54) is 13.4 Å². The van der Waals surface area contributed by atoms with Crippen molar-refractivity contribution in [3.63, 3.8) is 0 Å². The average Bonchev–Trinajstić information content (AvgIpc) is 3.10. The Kier molecular flexibility index (Phi) is 4.63. The summed E-state index contributed by atoms with van der Waals surface area (Å²) in [6.45, 7) is 5.12. The lowest BCUT2D eigenvalue weighted by molar-refractivity contribution is -0.149. The van der Waals surface area contributed by atoms with E-state index in [1.54, 1.807) is 4.68 Å². The number of nitrogens with zero attached hydrogens (tertiary/aromatic N) is 7. The lowest BCUT2D eigenvalue weighted by Crippen LogP contribution is -2.56. The van der Waals surface area contributed by atoms with Gasteiger partial charge in [-0.15, -0.1) is 5.10 Å². The molecule has 144 valence electrons. The van der Waals surface area contributed by atoms with Gasteiger partial charge in [0.25, 0.3) is 0 Å². The van der Waals surface area contributed by atoms with Gasteiger partial charge in [-0.25, -0.2) is 14.6 Å². The number of hydrogen-bond donors (Lipinski definition) is 0. The highest BCUT2D eigenvalue weighted by atomic mass is 16.5. The molecule has 0 bridgehead atoms. The zero-order valence-corrected chi connectivity index (χ0v) is 15.5. The Morgan fingerprint density at radius 2 is 1.93 bits per heavy atom. The van der Waals surface area contributed by atoms with Crippen LogP contribution >= 0.6 is 0 Å². The van der Waals surface area contributed by atoms with Crippen molar-refractivity contribution >= 4 is 28.9 Å². The van der Waals surface area contributed by atoms with Crippen molar-refractivity contribution in [2.45, 2.75) is 26.3 Å². The van der Waals surface area contributed by atoms with Crippen LogP contribution in [0.5, 0.6) is 0 Å². The van der Waals surface area contributed by atoms with Gasteiger partial charge >= 0.3 is 5.97 Å². The Morgan fingerprint density at radius 1 is 1.19 bits per heavy atom. The molecular formula is C17H23N7O3. The zero-order valence-electron chi connectivity index (χ0n) is 15.5. The number of likely N-dealkylation sites (tertiary alicyclic amines) is 1. The van der Waals surface area contributed by atoms with E-state index in [1.807, 2.05) is 16.7 Å². The zero-order chi connectivity index (χ0) is 19.0. The standard InChI is InChI=1S/C17H23N7O3/c1-3-24-15-13(20-21-24)14(18-10-19-15)23-8-12(9-23)16(25)22-6-4-11(5-7-22)17(26)27-2/h10-12H,3-9H2,1-2H3. The van der Waals surface area contributed by atoms with Crippen molar-refractivity contribution in [2.75, 3.05) is 38.2 Å². The highest BCUT2D eigenvalue weighted by molar-refractivity contribution is 5.86. The fraction of sp³-hybridized carbons (Fsp3) is 0.647. The smallest absolute Gasteiger partial charge is 0.308 e. The molecule has 4 rings (SSSR count). The molecule has 10 heteroatoms. The Balaban J connectivity index is 1.37. The summed E-state index contributed by atoms with van der Waals surface area (Å²) in [5.74, 6) is 0.563. The van der Waals surface area contributed by atoms with Crippen molar-refractivity contribution in [1.29, 1.82) is 0 Å². The molecule has 4 heterocycles. The van der Waals surface area contributed by atoms with E-state index in [4.69, 9.17) is 4.74 Å². The molecule has 2 aromatic rings. The average molecular weight is 373 g/mol. The summed E-state index contributed by atoms with van der Waals surface area (Å²) < 4.78 is 6.53. The van der Waals surface area contributed by atoms with Crippen LogP contribution in [0.25, 0.3) is 11.2 Å². The lowest BCUT2D eigenvalue weighted by Gasteiger charge is -2.42. The van der Waals surface area contributed by atoms with E-state index < -0.39 is 0 Å². The summed E-state index contributed by atoms with van der Waals surface area (Å²) in [6.07, 6.45) is 2.85. The van der Waals surface area contributed by atoms with Gasteiger partial charge in [0.2, 0.25) is 5.91 Å². The highest BCUT2D eigenvalue weighted by Crippen LogP contribution is 2.29. The van der Waals surface area contributed by atoms with Crippen LogP contribution in [-0.4, -0.2) is 75.0 Å². The number of anilines is 1. The van der Waals surface area contributed by atoms with Gasteiger partial charge in [0.05, 0.1) is 18.9 Å². The van der Waals surface area contributed by atoms with Gasteiger partial charge in [-0.3, -0.25) is 9.59 Å². The molecule has 2 aromatic heterocycles. The molecule has 0 aliphatic carbocycles. The number of amides is 1. The third-order valence-electron chi connectivity index (χ3n) is 5.45. The first-order chi connectivity index (χ1) is 13.1. The Bertz CT molecular complexity index is 853. The summed E-state index contributed by atoms with van der Waals surface area (Å²) >= 11 is 0. The fourth-order valence-corrected chi connectivity index (χ4v) is 3.79. The predicted octanol–water partition coefficient (Wildman–Crippen LogP) is 0.0890. The molecule has 2 aliphatic rings. The number of carbonyl (C=O) groups is 2. The van der Waals surface area contributed by atoms with E-state index in [-0.39, 0.29) is 23.7 Å². The second-order valence-corrected chi connectivity index (χ2v) is 7.00. The third-order valence-corrected chi connectivity index (χ3v) is 5.45. The summed E-state index contributed by atoms with van der Waals surface area (Å²) in [5, 5.41) is 8.29. The highest BCUT2D eigenvalue weighted by Gasteiger charge is 2.39. The summed E-state index contributed by atoms with van der Waals surface area (Å²) in [6, 6.07) is 0. The largest absolute Gasteiger partial charge is 0.469 e. The first-order valence-electron chi connectivity index (χ1n) is 9.28. The molecule has 2 saturated heterocycles. The van der Waals surface area contributed by atoms with Crippen LogP contribution < -0.4 is 4.90 Å². The predicted molar refractivity (Wildman–Crippen MR) is 95.8 cm³/mol. The quantitative estimate of drug-likeness (QED) is 0.694. The number of piperidine rings is 1. The molecule has 1 amide bonds. The summed E-state index contributed by atoms with van der Waals surface area (Å²) in [4.78, 5) is 36.9. The minimum Gasteiger partial charge on any atom is -0.469 e. The van der Waals surface area contributed by atoms with Gasteiger partial charge in [-0.05, 0) is 19.8 Å². The third kappa shape index (κ3) is 3.08. The summed E-state index contributed by atoms with van der Waals surface area (Å²) in [7, 11) is 1.41. The molecular weight excluding hydrogens is 350 g/mol. The molecule has 0 atom stereocenters. The van der Waals surface area contributed by atoms with E-state index >= 15 is 0 Å². The number of ether oxygens (including phenoxy) is 1. The van der Waals surface area contributed by atoms with Crippen molar-refractivity contribution in [3.05, 3.63) is 6.33 Å². The minimum absolute atomic E-state index is 0.0501. The van der Waals surface area contributed by atoms with Gasteiger partial charge < -0.3 is 14.5 Å². The van der Waals surface area contributed by atoms with Gasteiger partial charge in [0, 0.05) is 32.7 Å². The van der Waals surface area contributed by atoms with Crippen LogP contribution in [0.4, 0.5) is 5.82 Å². The van der Waals surface area contributed by atoms with Crippen LogP contribution in [0.3, 0.4) is 0 Å². The van der Waals surface area contributed by atoms with Crippen molar-refractivity contribution in [1.82, 2.24) is 29.9 Å². The van der Waals surface area contributed by atoms with Gasteiger partial charge in [-0.1, -0.05) is 5.21 Å². The Labute approximate surface area is 156 Å². The van der Waals surface area contributed by atoms with Gasteiger partial charge in [-0.2, -0.15) is 0 Å². The SMILES string of the molecule is CCn1nnc2c(N3CC(C(=O)N4CCC(C(=O)OC)CC4)C3)ncnc21. The van der Waals surface area contributed by atoms with Crippen LogP contribution in [0, 0.1) is 11.8 Å². The first-order valence-corrected chi connectivity index (χ1v) is 9.28. The van der Waals surface area contributed by atoms with E-state index in [2.05, 4.69) is 20.3 Å². The second kappa shape index (κ2) is 7.09. The number of aryl methyl sites for hydroxylation is 1. The molecule has 0 unspecified atom stereocenters. The maximum Gasteiger partial charge on any atom is 0.308 e. The van der Waals surface area contributed by atoms with Crippen molar-refractivity contribution in [2.24, 2.45) is 11.8 Å². The molecule has 0 radical (unpaired) electrons. The number of esters is 1. The Morgan fingerprint density at radius 3 is 2.59 bits per heavy atom. The molecule has 10 nitrogen and oxygen atoms in total. The van der Waals surface area contributed by atoms with Crippen molar-refractivity contribution < 1.29 is 14.3 Å². The molecule has 27 heavy (non-hydrogen) atoms. The maximum atomic E-state index is 12.7. The molecule has 2 fully saturated rings. The van der Waals surface area contributed by atoms with Crippen LogP contribution in [0.1, 0.15) is 19.8 Å². The number of fused-ring (bicyclic) bond motifs is 1. The normalized spacial score (nSPS) is 18.6. The minimum atomic E-state index is -0.176. The number of hydrogen-bond acceptors (Lipinski definition) is 8. The lowest BCUT2D eigenvalue weighted by atomic mass is 9.93. The Hall–Kier alpha value is -2.78. The molecule has 2 aliphatic heterocycles. The summed E-state index contributed by atoms with van der Waals surface area (Å²) in [5.41, 5.74) is 1.38. The second-order valence-electron chi connectivity index (χ2n) is 7.00. The van der Waals surface area contributed by atoms with E-state index in [9.17, 15) is 9.59 Å². The molecule has 0 aromatic carbocycles. The number of aromatic nitrogens is 5. The van der Waals surface area contributed by atoms with Crippen LogP contribution in [0.15, 0.2) is 6.33 Å². The number of methoxy groups -OCH3 is 1. The van der Waals surface area contributed by atoms with Gasteiger partial charge in [0.15, 0.2) is 17.0 Å². The van der Waals surface area contributed by atoms with E-state index in [0.717, 1.165) is 5.82 Å². The maximum absolute atomic E-state index is 12.7. The van der Waals surface area contributed by atoms with Crippen molar-refractivity contribution in [3.8, 4) is 0 Å². The van der Waals surface area contributed by atoms with Crippen LogP contribution in [-0.2, 0) is 20.9 Å². The monoisotopic (exact) mass is 373 g/mol. The number of rotatable bonds is 4. The van der Waals surface area contributed by atoms with Crippen LogP contribution in [0.2, 0.25) is 0 Å². The van der Waals surface area contributed by atoms with Gasteiger partial charge in [0.1, 0.15) is 6.33 Å². The molecule has 0 saturated carbocycles. The molecule has 0 N–H and O–H groups in total.